The Hall–Kier alpha value is -3.34. The molecule has 0 fully saturated rings. The fraction of sp³-hybridized carbons (Fsp3) is 0.143. The first-order valence-corrected chi connectivity index (χ1v) is 8.54. The molecule has 5 heteroatoms. The number of anilines is 2. The molecular formula is C21H21N3O2. The number of nitrogens with two attached hydrogens (primary N) is 1. The number of benzene rings is 2. The first-order chi connectivity index (χ1) is 12.7. The highest BCUT2D eigenvalue weighted by Crippen LogP contribution is 2.29. The molecule has 2 aromatic carbocycles. The fourth-order valence-electron chi connectivity index (χ4n) is 2.71. The van der Waals surface area contributed by atoms with Crippen LogP contribution in [0.25, 0.3) is 0 Å². The van der Waals surface area contributed by atoms with Gasteiger partial charge in [-0.1, -0.05) is 25.5 Å². The van der Waals surface area contributed by atoms with Gasteiger partial charge < -0.3 is 10.5 Å². The standard InChI is InChI=1S/C21H21N3O2/c1-2-3-16-4-6-17(7-5-16)24(21(22)25)18-8-10-19(11-9-18)26-20-12-14-23-15-13-20/h4-15H,2-3H2,1H3,(H2,22,25). The number of amides is 2. The number of hydrogen-bond donors (Lipinski definition) is 1. The number of primary amides is 1. The van der Waals surface area contributed by atoms with E-state index in [1.807, 2.05) is 24.3 Å². The van der Waals surface area contributed by atoms with Gasteiger partial charge in [0.2, 0.25) is 0 Å². The number of nitrogens with zero attached hydrogens (tertiary/aromatic N) is 2. The molecule has 0 unspecified atom stereocenters. The lowest BCUT2D eigenvalue weighted by Crippen LogP contribution is -2.31. The molecule has 0 aliphatic rings. The van der Waals surface area contributed by atoms with Crippen LogP contribution in [0.15, 0.2) is 73.1 Å². The summed E-state index contributed by atoms with van der Waals surface area (Å²) in [5.41, 5.74) is 8.27. The van der Waals surface area contributed by atoms with Crippen molar-refractivity contribution in [1.29, 1.82) is 0 Å². The van der Waals surface area contributed by atoms with Gasteiger partial charge in [-0.2, -0.15) is 0 Å². The number of ether oxygens (including phenoxy) is 1. The number of hydrogen-bond acceptors (Lipinski definition) is 3. The minimum Gasteiger partial charge on any atom is -0.457 e. The molecule has 5 nitrogen and oxygen atoms in total. The number of pyridine rings is 1. The average Bonchev–Trinajstić information content (AvgIpc) is 2.66. The fourth-order valence-corrected chi connectivity index (χ4v) is 2.71. The molecule has 3 aromatic rings. The maximum atomic E-state index is 12.0. The molecule has 0 bridgehead atoms. The zero-order chi connectivity index (χ0) is 18.4. The number of carbonyl (C=O) groups excluding carboxylic acids is 1. The van der Waals surface area contributed by atoms with E-state index in [0.29, 0.717) is 17.2 Å². The quantitative estimate of drug-likeness (QED) is 0.679. The Morgan fingerprint density at radius 1 is 0.923 bits per heavy atom. The summed E-state index contributed by atoms with van der Waals surface area (Å²) in [5, 5.41) is 0. The van der Waals surface area contributed by atoms with E-state index >= 15 is 0 Å². The minimum atomic E-state index is -0.531. The molecule has 0 aliphatic carbocycles. The predicted octanol–water partition coefficient (Wildman–Crippen LogP) is 5.04. The van der Waals surface area contributed by atoms with Crippen molar-refractivity contribution in [1.82, 2.24) is 4.98 Å². The van der Waals surface area contributed by atoms with Crippen LogP contribution in [0.2, 0.25) is 0 Å². The third-order valence-corrected chi connectivity index (χ3v) is 3.93. The van der Waals surface area contributed by atoms with Crippen LogP contribution in [-0.2, 0) is 6.42 Å². The van der Waals surface area contributed by atoms with E-state index in [-0.39, 0.29) is 0 Å². The van der Waals surface area contributed by atoms with Gasteiger partial charge in [0.25, 0.3) is 0 Å². The van der Waals surface area contributed by atoms with E-state index in [4.69, 9.17) is 10.5 Å². The molecule has 0 atom stereocenters. The Bertz CT molecular complexity index is 847. The second kappa shape index (κ2) is 8.16. The summed E-state index contributed by atoms with van der Waals surface area (Å²) in [7, 11) is 0. The maximum absolute atomic E-state index is 12.0. The second-order valence-corrected chi connectivity index (χ2v) is 5.87. The summed E-state index contributed by atoms with van der Waals surface area (Å²) < 4.78 is 5.75. The van der Waals surface area contributed by atoms with Crippen molar-refractivity contribution in [3.05, 3.63) is 78.6 Å². The van der Waals surface area contributed by atoms with Crippen LogP contribution in [0, 0.1) is 0 Å². The predicted molar refractivity (Wildman–Crippen MR) is 103 cm³/mol. The van der Waals surface area contributed by atoms with Gasteiger partial charge in [0.15, 0.2) is 0 Å². The monoisotopic (exact) mass is 347 g/mol. The summed E-state index contributed by atoms with van der Waals surface area (Å²) in [4.78, 5) is 17.4. The molecular weight excluding hydrogens is 326 g/mol. The van der Waals surface area contributed by atoms with Crippen molar-refractivity contribution >= 4 is 17.4 Å². The van der Waals surface area contributed by atoms with Gasteiger partial charge in [-0.25, -0.2) is 4.79 Å². The van der Waals surface area contributed by atoms with Gasteiger partial charge in [-0.15, -0.1) is 0 Å². The van der Waals surface area contributed by atoms with E-state index in [9.17, 15) is 4.79 Å². The smallest absolute Gasteiger partial charge is 0.323 e. The van der Waals surface area contributed by atoms with Crippen molar-refractivity contribution in [2.24, 2.45) is 5.73 Å². The Balaban J connectivity index is 1.81. The van der Waals surface area contributed by atoms with E-state index in [2.05, 4.69) is 11.9 Å². The highest BCUT2D eigenvalue weighted by atomic mass is 16.5. The third kappa shape index (κ3) is 4.19. The molecule has 1 heterocycles. The summed E-state index contributed by atoms with van der Waals surface area (Å²) in [6.45, 7) is 2.14. The van der Waals surface area contributed by atoms with Gasteiger partial charge in [0.1, 0.15) is 11.5 Å². The first kappa shape index (κ1) is 17.5. The lowest BCUT2D eigenvalue weighted by molar-refractivity contribution is 0.256. The topological polar surface area (TPSA) is 68.5 Å². The largest absolute Gasteiger partial charge is 0.457 e. The molecule has 132 valence electrons. The SMILES string of the molecule is CCCc1ccc(N(C(N)=O)c2ccc(Oc3ccncc3)cc2)cc1. The molecule has 0 radical (unpaired) electrons. The summed E-state index contributed by atoms with van der Waals surface area (Å²) in [6.07, 6.45) is 5.43. The highest BCUT2D eigenvalue weighted by molar-refractivity contribution is 5.98. The van der Waals surface area contributed by atoms with E-state index < -0.39 is 6.03 Å². The van der Waals surface area contributed by atoms with Crippen LogP contribution in [-0.4, -0.2) is 11.0 Å². The van der Waals surface area contributed by atoms with Crippen molar-refractivity contribution in [3.8, 4) is 11.5 Å². The zero-order valence-corrected chi connectivity index (χ0v) is 14.6. The molecule has 2 amide bonds. The molecule has 26 heavy (non-hydrogen) atoms. The number of aryl methyl sites for hydroxylation is 1. The van der Waals surface area contributed by atoms with E-state index in [0.717, 1.165) is 18.5 Å². The van der Waals surface area contributed by atoms with Crippen LogP contribution < -0.4 is 15.4 Å². The normalized spacial score (nSPS) is 10.3. The minimum absolute atomic E-state index is 0.531. The summed E-state index contributed by atoms with van der Waals surface area (Å²) in [5.74, 6) is 1.37. The van der Waals surface area contributed by atoms with E-state index in [1.165, 1.54) is 10.5 Å². The first-order valence-electron chi connectivity index (χ1n) is 8.54. The van der Waals surface area contributed by atoms with Gasteiger partial charge in [-0.3, -0.25) is 9.88 Å². The molecule has 0 aliphatic heterocycles. The van der Waals surface area contributed by atoms with E-state index in [1.54, 1.807) is 48.8 Å². The van der Waals surface area contributed by atoms with Crippen LogP contribution in [0.5, 0.6) is 11.5 Å². The number of aromatic nitrogens is 1. The third-order valence-electron chi connectivity index (χ3n) is 3.93. The molecule has 1 aromatic heterocycles. The number of urea groups is 1. The molecule has 0 saturated heterocycles. The lowest BCUT2D eigenvalue weighted by atomic mass is 10.1. The Morgan fingerprint density at radius 3 is 2.00 bits per heavy atom. The lowest BCUT2D eigenvalue weighted by Gasteiger charge is -2.21. The summed E-state index contributed by atoms with van der Waals surface area (Å²) in [6, 6.07) is 18.1. The van der Waals surface area contributed by atoms with Crippen molar-refractivity contribution < 1.29 is 9.53 Å². The maximum Gasteiger partial charge on any atom is 0.323 e. The van der Waals surface area contributed by atoms with Crippen LogP contribution in [0.1, 0.15) is 18.9 Å². The van der Waals surface area contributed by atoms with Crippen molar-refractivity contribution in [2.75, 3.05) is 4.90 Å². The van der Waals surface area contributed by atoms with Crippen LogP contribution in [0.4, 0.5) is 16.2 Å². The average molecular weight is 347 g/mol. The van der Waals surface area contributed by atoms with Crippen molar-refractivity contribution in [3.63, 3.8) is 0 Å². The van der Waals surface area contributed by atoms with Crippen molar-refractivity contribution in [2.45, 2.75) is 19.8 Å². The van der Waals surface area contributed by atoms with Gasteiger partial charge in [-0.05, 0) is 60.5 Å². The Morgan fingerprint density at radius 2 is 1.46 bits per heavy atom. The van der Waals surface area contributed by atoms with Gasteiger partial charge in [0, 0.05) is 12.4 Å². The Kier molecular flexibility index (Phi) is 5.49. The molecule has 3 rings (SSSR count). The van der Waals surface area contributed by atoms with Crippen LogP contribution >= 0.6 is 0 Å². The van der Waals surface area contributed by atoms with Gasteiger partial charge in [0.05, 0.1) is 11.4 Å². The molecule has 0 spiro atoms. The number of carbonyl (C=O) groups is 1. The zero-order valence-electron chi connectivity index (χ0n) is 14.6. The Labute approximate surface area is 153 Å². The number of rotatable bonds is 6. The highest BCUT2D eigenvalue weighted by Gasteiger charge is 2.15. The molecule has 2 N–H and O–H groups in total. The van der Waals surface area contributed by atoms with Gasteiger partial charge >= 0.3 is 6.03 Å². The molecule has 0 saturated carbocycles. The second-order valence-electron chi connectivity index (χ2n) is 5.87. The summed E-state index contributed by atoms with van der Waals surface area (Å²) >= 11 is 0. The van der Waals surface area contributed by atoms with Crippen LogP contribution in [0.3, 0.4) is 0 Å².